The van der Waals surface area contributed by atoms with Gasteiger partial charge in [-0.1, -0.05) is 15.9 Å². The number of nitrogens with one attached hydrogen (secondary N) is 1. The molecule has 1 aromatic rings. The molecule has 1 fully saturated rings. The average molecular weight is 279 g/mol. The lowest BCUT2D eigenvalue weighted by Gasteiger charge is -2.15. The number of hydrogen-bond donors (Lipinski definition) is 1. The summed E-state index contributed by atoms with van der Waals surface area (Å²) < 4.78 is 1.11. The molecule has 16 heavy (non-hydrogen) atoms. The Balaban J connectivity index is 1.98. The second kappa shape index (κ2) is 4.47. The highest BCUT2D eigenvalue weighted by Crippen LogP contribution is 2.48. The fraction of sp³-hybridized carbons (Fsp3) is 0.462. The first-order valence-corrected chi connectivity index (χ1v) is 6.31. The van der Waals surface area contributed by atoms with Gasteiger partial charge in [-0.3, -0.25) is 0 Å². The standard InChI is InChI=1S/C13H15BrN2/c1-10-8-11(14)2-3-12(10)16-9-13(4-5-13)6-7-15/h2-3,8,16H,4-6,9H2,1H3. The van der Waals surface area contributed by atoms with Crippen LogP contribution in [0.25, 0.3) is 0 Å². The molecule has 1 aliphatic carbocycles. The summed E-state index contributed by atoms with van der Waals surface area (Å²) >= 11 is 3.45. The summed E-state index contributed by atoms with van der Waals surface area (Å²) in [5.74, 6) is 0. The first-order chi connectivity index (χ1) is 7.65. The zero-order chi connectivity index (χ0) is 11.6. The molecule has 1 aromatic carbocycles. The number of nitriles is 1. The Labute approximate surface area is 105 Å². The van der Waals surface area contributed by atoms with Gasteiger partial charge in [-0.2, -0.15) is 5.26 Å². The molecule has 0 atom stereocenters. The third-order valence-electron chi connectivity index (χ3n) is 3.25. The predicted molar refractivity (Wildman–Crippen MR) is 69.3 cm³/mol. The molecule has 1 saturated carbocycles. The Hall–Kier alpha value is -1.01. The zero-order valence-electron chi connectivity index (χ0n) is 9.39. The molecule has 0 bridgehead atoms. The van der Waals surface area contributed by atoms with Gasteiger partial charge in [-0.15, -0.1) is 0 Å². The molecule has 0 aliphatic heterocycles. The first kappa shape index (κ1) is 11.5. The highest BCUT2D eigenvalue weighted by atomic mass is 79.9. The molecule has 0 spiro atoms. The Morgan fingerprint density at radius 2 is 2.25 bits per heavy atom. The van der Waals surface area contributed by atoms with Crippen molar-refractivity contribution in [3.63, 3.8) is 0 Å². The van der Waals surface area contributed by atoms with Crippen molar-refractivity contribution in [1.82, 2.24) is 0 Å². The molecule has 1 aliphatic rings. The summed E-state index contributed by atoms with van der Waals surface area (Å²) in [4.78, 5) is 0. The van der Waals surface area contributed by atoms with Gasteiger partial charge in [-0.05, 0) is 43.5 Å². The van der Waals surface area contributed by atoms with E-state index in [-0.39, 0.29) is 5.41 Å². The number of benzene rings is 1. The maximum Gasteiger partial charge on any atom is 0.0628 e. The molecule has 2 nitrogen and oxygen atoms in total. The molecule has 84 valence electrons. The van der Waals surface area contributed by atoms with E-state index in [1.807, 2.05) is 6.07 Å². The van der Waals surface area contributed by atoms with Crippen LogP contribution in [-0.2, 0) is 0 Å². The van der Waals surface area contributed by atoms with Gasteiger partial charge < -0.3 is 5.32 Å². The van der Waals surface area contributed by atoms with Gasteiger partial charge in [0, 0.05) is 28.5 Å². The minimum atomic E-state index is 0.258. The monoisotopic (exact) mass is 278 g/mol. The minimum absolute atomic E-state index is 0.258. The zero-order valence-corrected chi connectivity index (χ0v) is 11.0. The molecule has 1 N–H and O–H groups in total. The topological polar surface area (TPSA) is 35.8 Å². The van der Waals surface area contributed by atoms with E-state index in [0.717, 1.165) is 11.0 Å². The maximum atomic E-state index is 8.75. The third-order valence-corrected chi connectivity index (χ3v) is 3.75. The van der Waals surface area contributed by atoms with Crippen molar-refractivity contribution in [3.8, 4) is 6.07 Å². The van der Waals surface area contributed by atoms with E-state index < -0.39 is 0 Å². The van der Waals surface area contributed by atoms with Crippen LogP contribution < -0.4 is 5.32 Å². The SMILES string of the molecule is Cc1cc(Br)ccc1NCC1(CC#N)CC1. The lowest BCUT2D eigenvalue weighted by Crippen LogP contribution is -2.15. The second-order valence-corrected chi connectivity index (χ2v) is 5.56. The van der Waals surface area contributed by atoms with Crippen LogP contribution in [-0.4, -0.2) is 6.54 Å². The molecule has 3 heteroatoms. The van der Waals surface area contributed by atoms with Crippen LogP contribution in [0.15, 0.2) is 22.7 Å². The summed E-state index contributed by atoms with van der Waals surface area (Å²) in [6, 6.07) is 8.51. The summed E-state index contributed by atoms with van der Waals surface area (Å²) in [6.45, 7) is 3.01. The molecule has 0 heterocycles. The lowest BCUT2D eigenvalue weighted by atomic mass is 10.0. The van der Waals surface area contributed by atoms with Gasteiger partial charge in [0.25, 0.3) is 0 Å². The largest absolute Gasteiger partial charge is 0.384 e. The van der Waals surface area contributed by atoms with Crippen LogP contribution in [0.5, 0.6) is 0 Å². The smallest absolute Gasteiger partial charge is 0.0628 e. The van der Waals surface area contributed by atoms with Crippen LogP contribution in [0.2, 0.25) is 0 Å². The van der Waals surface area contributed by atoms with Gasteiger partial charge in [0.2, 0.25) is 0 Å². The van der Waals surface area contributed by atoms with Crippen molar-refractivity contribution in [1.29, 1.82) is 5.26 Å². The Kier molecular flexibility index (Phi) is 3.20. The predicted octanol–water partition coefficient (Wildman–Crippen LogP) is 3.86. The molecule has 0 radical (unpaired) electrons. The van der Waals surface area contributed by atoms with E-state index in [2.05, 4.69) is 46.4 Å². The number of halogens is 1. The summed E-state index contributed by atoms with van der Waals surface area (Å²) in [5, 5.41) is 12.2. The normalized spacial score (nSPS) is 16.6. The van der Waals surface area contributed by atoms with E-state index >= 15 is 0 Å². The molecule has 0 unspecified atom stereocenters. The van der Waals surface area contributed by atoms with Crippen LogP contribution >= 0.6 is 15.9 Å². The highest BCUT2D eigenvalue weighted by Gasteiger charge is 2.42. The van der Waals surface area contributed by atoms with E-state index in [1.165, 1.54) is 24.1 Å². The van der Waals surface area contributed by atoms with E-state index in [0.29, 0.717) is 6.42 Å². The van der Waals surface area contributed by atoms with Crippen molar-refractivity contribution >= 4 is 21.6 Å². The van der Waals surface area contributed by atoms with Crippen molar-refractivity contribution < 1.29 is 0 Å². The van der Waals surface area contributed by atoms with Crippen molar-refractivity contribution in [2.45, 2.75) is 26.2 Å². The Morgan fingerprint density at radius 3 is 2.81 bits per heavy atom. The summed E-state index contributed by atoms with van der Waals surface area (Å²) in [7, 11) is 0. The number of nitrogens with zero attached hydrogens (tertiary/aromatic N) is 1. The third kappa shape index (κ3) is 2.56. The fourth-order valence-electron chi connectivity index (χ4n) is 1.87. The number of aryl methyl sites for hydroxylation is 1. The van der Waals surface area contributed by atoms with Crippen LogP contribution in [0.1, 0.15) is 24.8 Å². The lowest BCUT2D eigenvalue weighted by molar-refractivity contribution is 0.557. The van der Waals surface area contributed by atoms with E-state index in [9.17, 15) is 0 Å². The van der Waals surface area contributed by atoms with Crippen LogP contribution in [0.3, 0.4) is 0 Å². The van der Waals surface area contributed by atoms with Gasteiger partial charge in [0.1, 0.15) is 0 Å². The van der Waals surface area contributed by atoms with Crippen molar-refractivity contribution in [2.75, 3.05) is 11.9 Å². The maximum absolute atomic E-state index is 8.75. The number of rotatable bonds is 4. The van der Waals surface area contributed by atoms with E-state index in [4.69, 9.17) is 5.26 Å². The molecule has 0 saturated heterocycles. The summed E-state index contributed by atoms with van der Waals surface area (Å²) in [6.07, 6.45) is 3.04. The Morgan fingerprint density at radius 1 is 1.50 bits per heavy atom. The molecular formula is C13H15BrN2. The van der Waals surface area contributed by atoms with Crippen molar-refractivity contribution in [3.05, 3.63) is 28.2 Å². The molecule has 0 amide bonds. The first-order valence-electron chi connectivity index (χ1n) is 5.52. The van der Waals surface area contributed by atoms with Gasteiger partial charge in [0.15, 0.2) is 0 Å². The second-order valence-electron chi connectivity index (χ2n) is 4.65. The van der Waals surface area contributed by atoms with Gasteiger partial charge >= 0.3 is 0 Å². The van der Waals surface area contributed by atoms with E-state index in [1.54, 1.807) is 0 Å². The van der Waals surface area contributed by atoms with Gasteiger partial charge in [-0.25, -0.2) is 0 Å². The molecule has 2 rings (SSSR count). The van der Waals surface area contributed by atoms with Crippen LogP contribution in [0, 0.1) is 23.7 Å². The quantitative estimate of drug-likeness (QED) is 0.908. The summed E-state index contributed by atoms with van der Waals surface area (Å²) in [5.41, 5.74) is 2.67. The van der Waals surface area contributed by atoms with Crippen molar-refractivity contribution in [2.24, 2.45) is 5.41 Å². The van der Waals surface area contributed by atoms with Crippen LogP contribution in [0.4, 0.5) is 5.69 Å². The average Bonchev–Trinajstić information content (AvgIpc) is 2.98. The number of hydrogen-bond acceptors (Lipinski definition) is 2. The van der Waals surface area contributed by atoms with Gasteiger partial charge in [0.05, 0.1) is 6.07 Å². The highest BCUT2D eigenvalue weighted by molar-refractivity contribution is 9.10. The molecular weight excluding hydrogens is 264 g/mol. The molecule has 0 aromatic heterocycles. The fourth-order valence-corrected chi connectivity index (χ4v) is 2.34. The minimum Gasteiger partial charge on any atom is -0.384 e. The number of anilines is 1. The Bertz CT molecular complexity index is 430.